The minimum absolute atomic E-state index is 0.100. The van der Waals surface area contributed by atoms with Gasteiger partial charge >= 0.3 is 0 Å². The van der Waals surface area contributed by atoms with Gasteiger partial charge < -0.3 is 9.47 Å². The smallest absolute Gasteiger partial charge is 0.271 e. The lowest BCUT2D eigenvalue weighted by Crippen LogP contribution is -2.32. The topological polar surface area (TPSA) is 66.2 Å². The van der Waals surface area contributed by atoms with Crippen molar-refractivity contribution in [1.29, 1.82) is 0 Å². The molecule has 6 nitrogen and oxygen atoms in total. The molecular formula is C23H22FN3O3S. The third kappa shape index (κ3) is 3.59. The van der Waals surface area contributed by atoms with Gasteiger partial charge in [0.15, 0.2) is 11.6 Å². The van der Waals surface area contributed by atoms with E-state index in [1.54, 1.807) is 23.0 Å². The second-order valence-corrected chi connectivity index (χ2v) is 9.41. The lowest BCUT2D eigenvalue weighted by molar-refractivity contribution is -0.0411. The molecule has 4 aromatic rings. The first-order valence-corrected chi connectivity index (χ1v) is 10.9. The van der Waals surface area contributed by atoms with Crippen LogP contribution < -0.4 is 10.3 Å². The van der Waals surface area contributed by atoms with Crippen LogP contribution in [0, 0.1) is 5.82 Å². The molecule has 0 bridgehead atoms. The summed E-state index contributed by atoms with van der Waals surface area (Å²) < 4.78 is 27.0. The van der Waals surface area contributed by atoms with Crippen molar-refractivity contribution in [3.63, 3.8) is 0 Å². The zero-order valence-corrected chi connectivity index (χ0v) is 18.4. The molecule has 0 fully saturated rings. The molecule has 0 saturated heterocycles. The van der Waals surface area contributed by atoms with Gasteiger partial charge in [-0.15, -0.1) is 11.3 Å². The average molecular weight is 440 g/mol. The Balaban J connectivity index is 1.48. The van der Waals surface area contributed by atoms with E-state index in [0.29, 0.717) is 29.8 Å². The fourth-order valence-electron chi connectivity index (χ4n) is 3.95. The predicted octanol–water partition coefficient (Wildman–Crippen LogP) is 4.25. The number of nitrogens with zero attached hydrogens (tertiary/aromatic N) is 3. The molecule has 0 amide bonds. The molecule has 3 aromatic heterocycles. The number of halogens is 1. The zero-order chi connectivity index (χ0) is 21.8. The number of rotatable bonds is 4. The van der Waals surface area contributed by atoms with Crippen molar-refractivity contribution in [2.24, 2.45) is 0 Å². The van der Waals surface area contributed by atoms with Crippen molar-refractivity contribution in [2.75, 3.05) is 7.11 Å². The van der Waals surface area contributed by atoms with E-state index in [9.17, 15) is 9.18 Å². The summed E-state index contributed by atoms with van der Waals surface area (Å²) in [5.41, 5.74) is 3.21. The highest BCUT2D eigenvalue weighted by Crippen LogP contribution is 2.34. The first-order chi connectivity index (χ1) is 14.8. The zero-order valence-electron chi connectivity index (χ0n) is 17.6. The molecule has 4 heterocycles. The molecule has 0 radical (unpaired) electrons. The number of pyridine rings is 1. The Morgan fingerprint density at radius 1 is 1.32 bits per heavy atom. The maximum atomic E-state index is 13.9. The van der Waals surface area contributed by atoms with Gasteiger partial charge in [-0.25, -0.2) is 14.4 Å². The highest BCUT2D eigenvalue weighted by molar-refractivity contribution is 7.25. The van der Waals surface area contributed by atoms with Gasteiger partial charge in [0.1, 0.15) is 9.53 Å². The molecule has 0 saturated carbocycles. The Hall–Kier alpha value is -2.84. The fourth-order valence-corrected chi connectivity index (χ4v) is 5.03. The van der Waals surface area contributed by atoms with E-state index < -0.39 is 5.82 Å². The van der Waals surface area contributed by atoms with Crippen LogP contribution in [0.5, 0.6) is 5.75 Å². The fraction of sp³-hybridized carbons (Fsp3) is 0.348. The normalized spacial score (nSPS) is 15.4. The molecule has 8 heteroatoms. The van der Waals surface area contributed by atoms with Crippen molar-refractivity contribution in [2.45, 2.75) is 45.4 Å². The molecule has 1 aliphatic heterocycles. The second kappa shape index (κ2) is 7.39. The number of methoxy groups -OCH3 is 1. The second-order valence-electron chi connectivity index (χ2n) is 8.41. The molecule has 0 aliphatic carbocycles. The molecule has 0 N–H and O–H groups in total. The van der Waals surface area contributed by atoms with Crippen LogP contribution in [-0.2, 0) is 30.7 Å². The first kappa shape index (κ1) is 20.1. The standard InChI is InChI=1S/C23H22FN3O3S/c1-23(2)10-17-14(11-30-23)9-15-19-20(31-21(15)26-17)22(28)27(12-25-19)7-6-13-4-5-18(29-3)16(24)8-13/h4-5,8-9,12H,6-7,10-11H2,1-3H3. The van der Waals surface area contributed by atoms with Crippen LogP contribution >= 0.6 is 11.3 Å². The molecular weight excluding hydrogens is 417 g/mol. The highest BCUT2D eigenvalue weighted by Gasteiger charge is 2.28. The van der Waals surface area contributed by atoms with Crippen LogP contribution in [0.4, 0.5) is 4.39 Å². The minimum Gasteiger partial charge on any atom is -0.494 e. The van der Waals surface area contributed by atoms with Crippen LogP contribution in [0.2, 0.25) is 0 Å². The summed E-state index contributed by atoms with van der Waals surface area (Å²) in [5.74, 6) is -0.203. The van der Waals surface area contributed by atoms with Crippen LogP contribution in [0.1, 0.15) is 30.7 Å². The molecule has 0 atom stereocenters. The van der Waals surface area contributed by atoms with Gasteiger partial charge in [0, 0.05) is 23.9 Å². The van der Waals surface area contributed by atoms with Gasteiger partial charge in [-0.1, -0.05) is 6.07 Å². The predicted molar refractivity (Wildman–Crippen MR) is 118 cm³/mol. The van der Waals surface area contributed by atoms with E-state index in [1.165, 1.54) is 24.5 Å². The summed E-state index contributed by atoms with van der Waals surface area (Å²) in [6.07, 6.45) is 2.82. The summed E-state index contributed by atoms with van der Waals surface area (Å²) in [5, 5.41) is 0.892. The average Bonchev–Trinajstić information content (AvgIpc) is 3.09. The Labute approximate surface area is 182 Å². The SMILES string of the molecule is COc1ccc(CCn2cnc3c(sc4nc5c(cc43)COC(C)(C)C5)c2=O)cc1F. The van der Waals surface area contributed by atoms with Gasteiger partial charge in [-0.2, -0.15) is 0 Å². The Morgan fingerprint density at radius 3 is 2.94 bits per heavy atom. The summed E-state index contributed by atoms with van der Waals surface area (Å²) in [6.45, 7) is 5.04. The van der Waals surface area contributed by atoms with E-state index in [4.69, 9.17) is 14.5 Å². The lowest BCUT2D eigenvalue weighted by Gasteiger charge is -2.30. The number of hydrogen-bond donors (Lipinski definition) is 0. The van der Waals surface area contributed by atoms with Gasteiger partial charge in [-0.3, -0.25) is 9.36 Å². The molecule has 5 rings (SSSR count). The van der Waals surface area contributed by atoms with Crippen molar-refractivity contribution < 1.29 is 13.9 Å². The van der Waals surface area contributed by atoms with Crippen LogP contribution in [0.15, 0.2) is 35.4 Å². The van der Waals surface area contributed by atoms with E-state index in [1.807, 2.05) is 0 Å². The Morgan fingerprint density at radius 2 is 2.16 bits per heavy atom. The van der Waals surface area contributed by atoms with Crippen molar-refractivity contribution >= 4 is 31.8 Å². The maximum Gasteiger partial charge on any atom is 0.271 e. The molecule has 160 valence electrons. The quantitative estimate of drug-likeness (QED) is 0.476. The van der Waals surface area contributed by atoms with E-state index in [0.717, 1.165) is 33.5 Å². The van der Waals surface area contributed by atoms with Crippen molar-refractivity contribution in [1.82, 2.24) is 14.5 Å². The number of hydrogen-bond acceptors (Lipinski definition) is 6. The Kier molecular flexibility index (Phi) is 4.79. The minimum atomic E-state index is -0.410. The number of aromatic nitrogens is 3. The van der Waals surface area contributed by atoms with Crippen LogP contribution in [-0.4, -0.2) is 27.2 Å². The maximum absolute atomic E-state index is 13.9. The molecule has 1 aliphatic rings. The summed E-state index contributed by atoms with van der Waals surface area (Å²) >= 11 is 1.38. The summed E-state index contributed by atoms with van der Waals surface area (Å²) in [4.78, 5) is 23.3. The molecule has 1 aromatic carbocycles. The van der Waals surface area contributed by atoms with Crippen molar-refractivity contribution in [3.05, 3.63) is 63.6 Å². The van der Waals surface area contributed by atoms with Gasteiger partial charge in [0.25, 0.3) is 5.56 Å². The molecule has 31 heavy (non-hydrogen) atoms. The number of aryl methyl sites for hydroxylation is 2. The van der Waals surface area contributed by atoms with Gasteiger partial charge in [0.2, 0.25) is 0 Å². The number of benzene rings is 1. The third-order valence-corrected chi connectivity index (χ3v) is 6.75. The van der Waals surface area contributed by atoms with E-state index in [-0.39, 0.29) is 16.9 Å². The van der Waals surface area contributed by atoms with Crippen LogP contribution in [0.3, 0.4) is 0 Å². The van der Waals surface area contributed by atoms with Gasteiger partial charge in [-0.05, 0) is 44.0 Å². The van der Waals surface area contributed by atoms with Gasteiger partial charge in [0.05, 0.1) is 36.9 Å². The van der Waals surface area contributed by atoms with Crippen LogP contribution in [0.25, 0.3) is 20.4 Å². The highest BCUT2D eigenvalue weighted by atomic mass is 32.1. The largest absolute Gasteiger partial charge is 0.494 e. The summed E-state index contributed by atoms with van der Waals surface area (Å²) in [7, 11) is 1.43. The lowest BCUT2D eigenvalue weighted by atomic mass is 9.95. The Bertz CT molecular complexity index is 1380. The molecule has 0 spiro atoms. The monoisotopic (exact) mass is 439 g/mol. The van der Waals surface area contributed by atoms with E-state index >= 15 is 0 Å². The first-order valence-electron chi connectivity index (χ1n) is 10.1. The summed E-state index contributed by atoms with van der Waals surface area (Å²) in [6, 6.07) is 6.89. The van der Waals surface area contributed by atoms with E-state index in [2.05, 4.69) is 24.9 Å². The third-order valence-electron chi connectivity index (χ3n) is 5.68. The van der Waals surface area contributed by atoms with Crippen molar-refractivity contribution in [3.8, 4) is 5.75 Å². The molecule has 0 unspecified atom stereocenters. The number of fused-ring (bicyclic) bond motifs is 4. The number of ether oxygens (including phenoxy) is 2. The number of thiophene rings is 1.